The van der Waals surface area contributed by atoms with Crippen LogP contribution < -0.4 is 5.32 Å². The third-order valence-electron chi connectivity index (χ3n) is 4.57. The second-order valence-electron chi connectivity index (χ2n) is 6.36. The average molecular weight is 364 g/mol. The summed E-state index contributed by atoms with van der Waals surface area (Å²) in [7, 11) is 1.32. The lowest BCUT2D eigenvalue weighted by atomic mass is 10.1. The van der Waals surface area contributed by atoms with Crippen molar-refractivity contribution in [1.82, 2.24) is 5.32 Å². The van der Waals surface area contributed by atoms with Crippen molar-refractivity contribution in [1.29, 1.82) is 5.26 Å². The predicted octanol–water partition coefficient (Wildman–Crippen LogP) is 3.70. The average Bonchev–Trinajstić information content (AvgIpc) is 3.37. The number of amides is 1. The zero-order valence-electron chi connectivity index (χ0n) is 15.0. The number of ether oxygens (including phenoxy) is 1. The molecule has 1 fully saturated rings. The van der Waals surface area contributed by atoms with Crippen molar-refractivity contribution in [3.8, 4) is 17.4 Å². The Morgan fingerprint density at radius 2 is 1.96 bits per heavy atom. The van der Waals surface area contributed by atoms with Crippen LogP contribution >= 0.6 is 0 Å². The molecule has 27 heavy (non-hydrogen) atoms. The Balaban J connectivity index is 1.83. The number of benzene rings is 1. The second-order valence-corrected chi connectivity index (χ2v) is 6.36. The van der Waals surface area contributed by atoms with E-state index >= 15 is 0 Å². The minimum absolute atomic E-state index is 0.0101. The number of nitrogens with zero attached hydrogens (tertiary/aromatic N) is 1. The highest BCUT2D eigenvalue weighted by atomic mass is 16.5. The molecule has 0 bridgehead atoms. The first-order valence-corrected chi connectivity index (χ1v) is 8.82. The highest BCUT2D eigenvalue weighted by molar-refractivity contribution is 6.01. The molecule has 1 aliphatic carbocycles. The Bertz CT molecular complexity index is 914. The number of nitriles is 1. The lowest BCUT2D eigenvalue weighted by Gasteiger charge is -2.10. The number of furan rings is 1. The smallest absolute Gasteiger partial charge is 0.338 e. The van der Waals surface area contributed by atoms with Gasteiger partial charge in [-0.05, 0) is 31.0 Å². The fourth-order valence-electron chi connectivity index (χ4n) is 3.19. The van der Waals surface area contributed by atoms with Gasteiger partial charge in [-0.3, -0.25) is 4.79 Å². The summed E-state index contributed by atoms with van der Waals surface area (Å²) in [5, 5.41) is 12.2. The van der Waals surface area contributed by atoms with Crippen LogP contribution in [0.2, 0.25) is 0 Å². The standard InChI is InChI=1S/C21H20N2O4/c1-26-21(25)18-9-5-4-8-17(18)19-11-10-16(27-19)12-14(13-22)20(24)23-15-6-2-3-7-15/h4-5,8-12,15H,2-3,6-7H2,1H3,(H,23,24)/b14-12+. The van der Waals surface area contributed by atoms with Crippen LogP contribution in [0.25, 0.3) is 17.4 Å². The van der Waals surface area contributed by atoms with Crippen molar-refractivity contribution < 1.29 is 18.7 Å². The Morgan fingerprint density at radius 1 is 1.22 bits per heavy atom. The monoisotopic (exact) mass is 364 g/mol. The van der Waals surface area contributed by atoms with E-state index in [1.54, 1.807) is 36.4 Å². The summed E-state index contributed by atoms with van der Waals surface area (Å²) in [5.41, 5.74) is 0.950. The van der Waals surface area contributed by atoms with Crippen LogP contribution in [0.15, 0.2) is 46.4 Å². The molecule has 0 unspecified atom stereocenters. The third kappa shape index (κ3) is 4.26. The fourth-order valence-corrected chi connectivity index (χ4v) is 3.19. The van der Waals surface area contributed by atoms with Gasteiger partial charge in [-0.1, -0.05) is 31.0 Å². The molecular formula is C21H20N2O4. The Hall–Kier alpha value is -3.33. The van der Waals surface area contributed by atoms with E-state index in [1.807, 2.05) is 6.07 Å². The minimum Gasteiger partial charge on any atom is -0.465 e. The summed E-state index contributed by atoms with van der Waals surface area (Å²) in [5.74, 6) is -0.0383. The molecule has 0 atom stereocenters. The maximum atomic E-state index is 12.3. The van der Waals surface area contributed by atoms with E-state index in [1.165, 1.54) is 13.2 Å². The molecule has 1 N–H and O–H groups in total. The molecule has 1 aliphatic rings. The van der Waals surface area contributed by atoms with Crippen LogP contribution in [-0.2, 0) is 9.53 Å². The van der Waals surface area contributed by atoms with Gasteiger partial charge in [0.15, 0.2) is 0 Å². The van der Waals surface area contributed by atoms with Crippen LogP contribution in [-0.4, -0.2) is 25.0 Å². The highest BCUT2D eigenvalue weighted by Crippen LogP contribution is 2.27. The maximum absolute atomic E-state index is 12.3. The molecule has 1 aromatic carbocycles. The van der Waals surface area contributed by atoms with Crippen molar-refractivity contribution in [3.63, 3.8) is 0 Å². The molecule has 6 heteroatoms. The van der Waals surface area contributed by atoms with Gasteiger partial charge in [-0.15, -0.1) is 0 Å². The van der Waals surface area contributed by atoms with Crippen LogP contribution in [0.5, 0.6) is 0 Å². The lowest BCUT2D eigenvalue weighted by molar-refractivity contribution is -0.117. The summed E-state index contributed by atoms with van der Waals surface area (Å²) >= 11 is 0. The lowest BCUT2D eigenvalue weighted by Crippen LogP contribution is -2.33. The first kappa shape index (κ1) is 18.5. The summed E-state index contributed by atoms with van der Waals surface area (Å²) in [6.45, 7) is 0. The molecule has 138 valence electrons. The van der Waals surface area contributed by atoms with Gasteiger partial charge in [0.05, 0.1) is 12.7 Å². The number of hydrogen-bond donors (Lipinski definition) is 1. The third-order valence-corrected chi connectivity index (χ3v) is 4.57. The van der Waals surface area contributed by atoms with E-state index in [9.17, 15) is 14.9 Å². The van der Waals surface area contributed by atoms with E-state index in [4.69, 9.17) is 9.15 Å². The van der Waals surface area contributed by atoms with Gasteiger partial charge in [0.1, 0.15) is 23.2 Å². The van der Waals surface area contributed by atoms with Crippen LogP contribution in [0.4, 0.5) is 0 Å². The topological polar surface area (TPSA) is 92.3 Å². The first-order valence-electron chi connectivity index (χ1n) is 8.82. The van der Waals surface area contributed by atoms with Gasteiger partial charge in [0.25, 0.3) is 5.91 Å². The molecule has 1 heterocycles. The summed E-state index contributed by atoms with van der Waals surface area (Å²) < 4.78 is 10.5. The van der Waals surface area contributed by atoms with Crippen LogP contribution in [0.1, 0.15) is 41.8 Å². The Kier molecular flexibility index (Phi) is 5.72. The number of hydrogen-bond acceptors (Lipinski definition) is 5. The molecular weight excluding hydrogens is 344 g/mol. The summed E-state index contributed by atoms with van der Waals surface area (Å²) in [4.78, 5) is 24.2. The van der Waals surface area contributed by atoms with Gasteiger partial charge in [0.2, 0.25) is 0 Å². The molecule has 3 rings (SSSR count). The number of carbonyl (C=O) groups excluding carboxylic acids is 2. The predicted molar refractivity (Wildman–Crippen MR) is 99.5 cm³/mol. The summed E-state index contributed by atoms with van der Waals surface area (Å²) in [6, 6.07) is 12.3. The second kappa shape index (κ2) is 8.37. The Labute approximate surface area is 157 Å². The van der Waals surface area contributed by atoms with Gasteiger partial charge in [0, 0.05) is 17.7 Å². The highest BCUT2D eigenvalue weighted by Gasteiger charge is 2.20. The number of methoxy groups -OCH3 is 1. The molecule has 6 nitrogen and oxygen atoms in total. The number of esters is 1. The van der Waals surface area contributed by atoms with E-state index in [-0.39, 0.29) is 11.6 Å². The molecule has 0 aliphatic heterocycles. The largest absolute Gasteiger partial charge is 0.465 e. The van der Waals surface area contributed by atoms with Gasteiger partial charge < -0.3 is 14.5 Å². The number of rotatable bonds is 5. The molecule has 1 aromatic heterocycles. The minimum atomic E-state index is -0.465. The molecule has 1 saturated carbocycles. The van der Waals surface area contributed by atoms with Crippen molar-refractivity contribution in [2.75, 3.05) is 7.11 Å². The van der Waals surface area contributed by atoms with E-state index < -0.39 is 11.9 Å². The normalized spacial score (nSPS) is 14.6. The van der Waals surface area contributed by atoms with Crippen molar-refractivity contribution >= 4 is 18.0 Å². The fraction of sp³-hybridized carbons (Fsp3) is 0.286. The van der Waals surface area contributed by atoms with E-state index in [0.717, 1.165) is 25.7 Å². The summed E-state index contributed by atoms with van der Waals surface area (Å²) in [6.07, 6.45) is 5.49. The molecule has 0 saturated heterocycles. The zero-order chi connectivity index (χ0) is 19.2. The van der Waals surface area contributed by atoms with Gasteiger partial charge in [-0.2, -0.15) is 5.26 Å². The van der Waals surface area contributed by atoms with Crippen molar-refractivity contribution in [2.24, 2.45) is 0 Å². The Morgan fingerprint density at radius 3 is 2.67 bits per heavy atom. The van der Waals surface area contributed by atoms with Crippen molar-refractivity contribution in [2.45, 2.75) is 31.7 Å². The molecule has 1 amide bonds. The van der Waals surface area contributed by atoms with Gasteiger partial charge >= 0.3 is 5.97 Å². The van der Waals surface area contributed by atoms with Crippen LogP contribution in [0.3, 0.4) is 0 Å². The molecule has 2 aromatic rings. The quantitative estimate of drug-likeness (QED) is 0.496. The molecule has 0 spiro atoms. The number of nitrogens with one attached hydrogen (secondary N) is 1. The molecule has 0 radical (unpaired) electrons. The first-order chi connectivity index (χ1) is 13.1. The maximum Gasteiger partial charge on any atom is 0.338 e. The van der Waals surface area contributed by atoms with Crippen LogP contribution in [0, 0.1) is 11.3 Å². The number of carbonyl (C=O) groups is 2. The SMILES string of the molecule is COC(=O)c1ccccc1-c1ccc(/C=C(\C#N)C(=O)NC2CCCC2)o1. The van der Waals surface area contributed by atoms with Gasteiger partial charge in [-0.25, -0.2) is 4.79 Å². The van der Waals surface area contributed by atoms with E-state index in [2.05, 4.69) is 5.32 Å². The van der Waals surface area contributed by atoms with E-state index in [0.29, 0.717) is 22.6 Å². The zero-order valence-corrected chi connectivity index (χ0v) is 15.0. The van der Waals surface area contributed by atoms with Crippen molar-refractivity contribution in [3.05, 3.63) is 53.3 Å².